The highest BCUT2D eigenvalue weighted by atomic mass is 16.2. The Bertz CT molecular complexity index is 564. The first-order valence-electron chi connectivity index (χ1n) is 9.06. The Balaban J connectivity index is 1.72. The Morgan fingerprint density at radius 3 is 2.38 bits per heavy atom. The van der Waals surface area contributed by atoms with E-state index in [1.807, 2.05) is 32.0 Å². The molecule has 0 heterocycles. The quantitative estimate of drug-likeness (QED) is 0.793. The van der Waals surface area contributed by atoms with Crippen molar-refractivity contribution in [2.24, 2.45) is 0 Å². The van der Waals surface area contributed by atoms with Crippen LogP contribution in [0.15, 0.2) is 18.2 Å². The first kappa shape index (κ1) is 18.5. The lowest BCUT2D eigenvalue weighted by atomic mass is 9.97. The second kappa shape index (κ2) is 9.42. The summed E-state index contributed by atoms with van der Waals surface area (Å²) in [6, 6.07) is 5.75. The third kappa shape index (κ3) is 6.32. The number of amides is 3. The Kier molecular flexibility index (Phi) is 7.25. The SMILES string of the molecule is Cc1ccc(NC(=O)NC(=O)C[NH2+]C2CCCCCCC2)cc1C. The summed E-state index contributed by atoms with van der Waals surface area (Å²) in [4.78, 5) is 23.9. The molecule has 132 valence electrons. The number of nitrogens with one attached hydrogen (secondary N) is 2. The highest BCUT2D eigenvalue weighted by Crippen LogP contribution is 2.15. The normalized spacial score (nSPS) is 16.1. The molecule has 0 spiro atoms. The highest BCUT2D eigenvalue weighted by Gasteiger charge is 2.16. The van der Waals surface area contributed by atoms with Crippen molar-refractivity contribution in [2.45, 2.75) is 64.8 Å². The molecule has 0 bridgehead atoms. The number of hydrogen-bond donors (Lipinski definition) is 3. The van der Waals surface area contributed by atoms with Crippen LogP contribution >= 0.6 is 0 Å². The number of carbonyl (C=O) groups is 2. The number of imide groups is 1. The van der Waals surface area contributed by atoms with Gasteiger partial charge in [-0.1, -0.05) is 25.3 Å². The van der Waals surface area contributed by atoms with Crippen molar-refractivity contribution >= 4 is 17.6 Å². The Labute approximate surface area is 144 Å². The maximum atomic E-state index is 12.0. The molecule has 1 aromatic rings. The maximum absolute atomic E-state index is 12.0. The van der Waals surface area contributed by atoms with Crippen LogP contribution in [0.2, 0.25) is 0 Å². The number of hydrogen-bond acceptors (Lipinski definition) is 2. The maximum Gasteiger partial charge on any atom is 0.326 e. The predicted molar refractivity (Wildman–Crippen MR) is 96.0 cm³/mol. The van der Waals surface area contributed by atoms with Crippen LogP contribution in [0.25, 0.3) is 0 Å². The molecule has 1 aromatic carbocycles. The fourth-order valence-corrected chi connectivity index (χ4v) is 3.16. The molecule has 0 aliphatic heterocycles. The minimum atomic E-state index is -0.464. The lowest BCUT2D eigenvalue weighted by Crippen LogP contribution is -2.92. The van der Waals surface area contributed by atoms with Gasteiger partial charge in [0.2, 0.25) is 0 Å². The van der Waals surface area contributed by atoms with Gasteiger partial charge in [0.1, 0.15) is 0 Å². The number of rotatable bonds is 4. The average Bonchev–Trinajstić information content (AvgIpc) is 2.50. The number of benzene rings is 1. The minimum Gasteiger partial charge on any atom is -0.336 e. The summed E-state index contributed by atoms with van der Waals surface area (Å²) in [7, 11) is 0. The van der Waals surface area contributed by atoms with Crippen molar-refractivity contribution in [1.82, 2.24) is 5.32 Å². The van der Waals surface area contributed by atoms with Gasteiger partial charge in [-0.2, -0.15) is 0 Å². The van der Waals surface area contributed by atoms with Crippen LogP contribution in [0, 0.1) is 13.8 Å². The number of carbonyl (C=O) groups excluding carboxylic acids is 2. The predicted octanol–water partition coefficient (Wildman–Crippen LogP) is 2.63. The van der Waals surface area contributed by atoms with Gasteiger partial charge in [-0.15, -0.1) is 0 Å². The highest BCUT2D eigenvalue weighted by molar-refractivity contribution is 6.01. The zero-order chi connectivity index (χ0) is 17.4. The molecule has 5 nitrogen and oxygen atoms in total. The second-order valence-electron chi connectivity index (χ2n) is 6.85. The van der Waals surface area contributed by atoms with Gasteiger partial charge < -0.3 is 10.6 Å². The molecule has 2 rings (SSSR count). The number of quaternary nitrogens is 1. The first-order valence-corrected chi connectivity index (χ1v) is 9.06. The molecule has 3 amide bonds. The van der Waals surface area contributed by atoms with Gasteiger partial charge in [0, 0.05) is 5.69 Å². The molecule has 1 aliphatic rings. The smallest absolute Gasteiger partial charge is 0.326 e. The van der Waals surface area contributed by atoms with Gasteiger partial charge in [0.05, 0.1) is 6.04 Å². The van der Waals surface area contributed by atoms with E-state index in [0.717, 1.165) is 5.56 Å². The van der Waals surface area contributed by atoms with Crippen LogP contribution in [0.3, 0.4) is 0 Å². The molecular formula is C19H30N3O2+. The number of nitrogens with two attached hydrogens (primary N) is 1. The molecule has 0 aromatic heterocycles. The summed E-state index contributed by atoms with van der Waals surface area (Å²) >= 11 is 0. The molecule has 1 saturated carbocycles. The van der Waals surface area contributed by atoms with Gasteiger partial charge in [0.15, 0.2) is 6.54 Å². The molecule has 0 saturated heterocycles. The van der Waals surface area contributed by atoms with Crippen LogP contribution in [0.1, 0.15) is 56.1 Å². The summed E-state index contributed by atoms with van der Waals surface area (Å²) in [6.45, 7) is 4.33. The number of anilines is 1. The minimum absolute atomic E-state index is 0.238. The molecule has 0 atom stereocenters. The van der Waals surface area contributed by atoms with Crippen LogP contribution in [0.4, 0.5) is 10.5 Å². The summed E-state index contributed by atoms with van der Waals surface area (Å²) in [5.41, 5.74) is 2.98. The van der Waals surface area contributed by atoms with E-state index in [0.29, 0.717) is 18.3 Å². The topological polar surface area (TPSA) is 74.8 Å². The monoisotopic (exact) mass is 332 g/mol. The van der Waals surface area contributed by atoms with Crippen LogP contribution in [-0.2, 0) is 4.79 Å². The lowest BCUT2D eigenvalue weighted by molar-refractivity contribution is -0.680. The Morgan fingerprint density at radius 2 is 1.71 bits per heavy atom. The summed E-state index contributed by atoms with van der Waals surface area (Å²) in [5.74, 6) is -0.238. The largest absolute Gasteiger partial charge is 0.336 e. The summed E-state index contributed by atoms with van der Waals surface area (Å²) in [6.07, 6.45) is 8.77. The van der Waals surface area contributed by atoms with E-state index in [2.05, 4.69) is 16.0 Å². The molecule has 4 N–H and O–H groups in total. The molecule has 1 aliphatic carbocycles. The van der Waals surface area contributed by atoms with Crippen molar-refractivity contribution in [3.63, 3.8) is 0 Å². The van der Waals surface area contributed by atoms with Gasteiger partial charge in [0.25, 0.3) is 5.91 Å². The van der Waals surface area contributed by atoms with E-state index in [-0.39, 0.29) is 5.91 Å². The van der Waals surface area contributed by atoms with Crippen molar-refractivity contribution in [2.75, 3.05) is 11.9 Å². The van der Waals surface area contributed by atoms with Crippen molar-refractivity contribution in [1.29, 1.82) is 0 Å². The van der Waals surface area contributed by atoms with E-state index in [9.17, 15) is 9.59 Å². The van der Waals surface area contributed by atoms with Crippen molar-refractivity contribution in [3.8, 4) is 0 Å². The zero-order valence-corrected chi connectivity index (χ0v) is 14.9. The van der Waals surface area contributed by atoms with E-state index in [1.165, 1.54) is 50.5 Å². The number of urea groups is 1. The van der Waals surface area contributed by atoms with Crippen molar-refractivity contribution < 1.29 is 14.9 Å². The Hall–Kier alpha value is -1.88. The van der Waals surface area contributed by atoms with E-state index < -0.39 is 6.03 Å². The van der Waals surface area contributed by atoms with Crippen molar-refractivity contribution in [3.05, 3.63) is 29.3 Å². The summed E-state index contributed by atoms with van der Waals surface area (Å²) < 4.78 is 0. The van der Waals surface area contributed by atoms with E-state index >= 15 is 0 Å². The van der Waals surface area contributed by atoms with Gasteiger partial charge in [-0.25, -0.2) is 4.79 Å². The zero-order valence-electron chi connectivity index (χ0n) is 14.9. The van der Waals surface area contributed by atoms with Crippen LogP contribution < -0.4 is 16.0 Å². The third-order valence-electron chi connectivity index (χ3n) is 4.80. The van der Waals surface area contributed by atoms with E-state index in [1.54, 1.807) is 0 Å². The molecular weight excluding hydrogens is 302 g/mol. The lowest BCUT2D eigenvalue weighted by Gasteiger charge is -2.17. The average molecular weight is 332 g/mol. The first-order chi connectivity index (χ1) is 11.5. The fourth-order valence-electron chi connectivity index (χ4n) is 3.16. The molecule has 24 heavy (non-hydrogen) atoms. The molecule has 0 unspecified atom stereocenters. The van der Waals surface area contributed by atoms with Gasteiger partial charge in [-0.3, -0.25) is 10.1 Å². The van der Waals surface area contributed by atoms with Crippen LogP contribution in [0.5, 0.6) is 0 Å². The molecule has 0 radical (unpaired) electrons. The van der Waals surface area contributed by atoms with Crippen LogP contribution in [-0.4, -0.2) is 24.5 Å². The Morgan fingerprint density at radius 1 is 1.04 bits per heavy atom. The van der Waals surface area contributed by atoms with E-state index in [4.69, 9.17) is 0 Å². The summed E-state index contributed by atoms with van der Waals surface area (Å²) in [5, 5.41) is 7.21. The molecule has 1 fully saturated rings. The third-order valence-corrected chi connectivity index (χ3v) is 4.80. The van der Waals surface area contributed by atoms with Gasteiger partial charge in [-0.05, 0) is 62.8 Å². The second-order valence-corrected chi connectivity index (χ2v) is 6.85. The number of aryl methyl sites for hydroxylation is 2. The molecule has 5 heteroatoms. The van der Waals surface area contributed by atoms with Gasteiger partial charge >= 0.3 is 6.03 Å². The standard InChI is InChI=1S/C19H29N3O2/c1-14-10-11-17(12-15(14)2)21-19(24)22-18(23)13-20-16-8-6-4-3-5-7-9-16/h10-12,16,20H,3-9,13H2,1-2H3,(H2,21,22,23,24)/p+1. The fraction of sp³-hybridized carbons (Fsp3) is 0.579.